The van der Waals surface area contributed by atoms with Crippen molar-refractivity contribution in [2.45, 2.75) is 50.6 Å². The lowest BCUT2D eigenvalue weighted by Gasteiger charge is -2.37. The van der Waals surface area contributed by atoms with E-state index < -0.39 is 35.1 Å². The maximum Gasteiger partial charge on any atom is 0.242 e. The van der Waals surface area contributed by atoms with E-state index in [9.17, 15) is 9.59 Å². The van der Waals surface area contributed by atoms with Gasteiger partial charge in [0.05, 0.1) is 31.0 Å². The molecule has 0 bridgehead atoms. The fourth-order valence-corrected chi connectivity index (χ4v) is 6.63. The summed E-state index contributed by atoms with van der Waals surface area (Å²) in [6.07, 6.45) is 1.85. The second-order valence-electron chi connectivity index (χ2n) is 11.9. The Morgan fingerprint density at radius 2 is 1.98 bits per heavy atom. The molecule has 1 aromatic heterocycles. The number of rotatable bonds is 8. The molecular formula is C31H33Cl2FN4O5. The van der Waals surface area contributed by atoms with Gasteiger partial charge in [-0.3, -0.25) is 9.59 Å². The topological polar surface area (TPSA) is 122 Å². The van der Waals surface area contributed by atoms with Gasteiger partial charge in [0.1, 0.15) is 29.3 Å². The summed E-state index contributed by atoms with van der Waals surface area (Å²) in [5, 5.41) is 18.6. The van der Waals surface area contributed by atoms with Crippen LogP contribution in [0.15, 0.2) is 48.7 Å². The van der Waals surface area contributed by atoms with Gasteiger partial charge in [0.2, 0.25) is 17.7 Å². The monoisotopic (exact) mass is 630 g/mol. The number of anilines is 2. The molecule has 0 radical (unpaired) electrons. The lowest BCUT2D eigenvalue weighted by atomic mass is 9.62. The van der Waals surface area contributed by atoms with Gasteiger partial charge >= 0.3 is 0 Å². The molecule has 9 nitrogen and oxygen atoms in total. The van der Waals surface area contributed by atoms with Crippen LogP contribution in [0, 0.1) is 11.2 Å². The molecule has 3 heterocycles. The Morgan fingerprint density at radius 3 is 2.67 bits per heavy atom. The number of amides is 2. The normalized spacial score (nSPS) is 22.8. The molecule has 1 fully saturated rings. The molecule has 2 aliphatic rings. The minimum absolute atomic E-state index is 0.0345. The van der Waals surface area contributed by atoms with Crippen LogP contribution in [0.2, 0.25) is 10.0 Å². The highest BCUT2D eigenvalue weighted by Gasteiger charge is 2.66. The molecule has 0 aliphatic carbocycles. The third-order valence-electron chi connectivity index (χ3n) is 7.88. The van der Waals surface area contributed by atoms with Crippen molar-refractivity contribution >= 4 is 46.4 Å². The number of benzene rings is 2. The van der Waals surface area contributed by atoms with Crippen molar-refractivity contribution in [3.05, 3.63) is 75.7 Å². The summed E-state index contributed by atoms with van der Waals surface area (Å²) < 4.78 is 26.8. The highest BCUT2D eigenvalue weighted by Crippen LogP contribution is 2.57. The average Bonchev–Trinajstić information content (AvgIpc) is 3.42. The Morgan fingerprint density at radius 1 is 1.21 bits per heavy atom. The minimum Gasteiger partial charge on any atom is -0.494 e. The number of aliphatic hydroxyl groups is 1. The number of halogens is 3. The highest BCUT2D eigenvalue weighted by atomic mass is 35.5. The van der Waals surface area contributed by atoms with E-state index in [1.807, 2.05) is 20.8 Å². The van der Waals surface area contributed by atoms with Crippen molar-refractivity contribution in [2.24, 2.45) is 5.41 Å². The zero-order chi connectivity index (χ0) is 31.1. The van der Waals surface area contributed by atoms with Gasteiger partial charge in [0, 0.05) is 28.7 Å². The Labute approximate surface area is 259 Å². The third-order valence-corrected chi connectivity index (χ3v) is 8.41. The quantitative estimate of drug-likeness (QED) is 0.267. The number of hydrogen-bond donors (Lipinski definition) is 4. The van der Waals surface area contributed by atoms with Gasteiger partial charge in [0.25, 0.3) is 0 Å². The second-order valence-corrected chi connectivity index (χ2v) is 12.7. The molecule has 0 saturated carbocycles. The van der Waals surface area contributed by atoms with Crippen molar-refractivity contribution in [3.8, 4) is 11.6 Å². The number of nitrogens with one attached hydrogen (secondary N) is 3. The minimum atomic E-state index is -1.38. The van der Waals surface area contributed by atoms with Gasteiger partial charge in [-0.25, -0.2) is 9.37 Å². The lowest BCUT2D eigenvalue weighted by Crippen LogP contribution is -2.49. The SMILES string of the molecule is COc1cc(OCCO)ncc1NC(=O)[C@@H]1N[C@@H](CC(C)(C)C)C2(C(=O)Nc3cc(Cl)ccc32)[C@@H]1c1cccc(Cl)c1F. The smallest absolute Gasteiger partial charge is 0.242 e. The molecule has 228 valence electrons. The molecule has 2 aromatic carbocycles. The molecule has 43 heavy (non-hydrogen) atoms. The number of fused-ring (bicyclic) bond motifs is 2. The number of aromatic nitrogens is 1. The summed E-state index contributed by atoms with van der Waals surface area (Å²) in [5.74, 6) is -2.14. The number of ether oxygens (including phenoxy) is 2. The summed E-state index contributed by atoms with van der Waals surface area (Å²) in [5.41, 5.74) is -0.158. The van der Waals surface area contributed by atoms with E-state index in [0.717, 1.165) is 0 Å². The van der Waals surface area contributed by atoms with Gasteiger partial charge in [-0.15, -0.1) is 0 Å². The molecule has 1 saturated heterocycles. The number of carbonyl (C=O) groups excluding carboxylic acids is 2. The van der Waals surface area contributed by atoms with Crippen LogP contribution < -0.4 is 25.4 Å². The van der Waals surface area contributed by atoms with Crippen LogP contribution in [0.3, 0.4) is 0 Å². The first kappa shape index (κ1) is 31.0. The first-order chi connectivity index (χ1) is 20.4. The van der Waals surface area contributed by atoms with Gasteiger partial charge in [-0.2, -0.15) is 0 Å². The van der Waals surface area contributed by atoms with Crippen molar-refractivity contribution in [1.29, 1.82) is 0 Å². The summed E-state index contributed by atoms with van der Waals surface area (Å²) in [6.45, 7) is 5.95. The fourth-order valence-electron chi connectivity index (χ4n) is 6.27. The maximum atomic E-state index is 15.9. The van der Waals surface area contributed by atoms with Crippen molar-refractivity contribution in [1.82, 2.24) is 10.3 Å². The van der Waals surface area contributed by atoms with E-state index in [4.69, 9.17) is 37.8 Å². The van der Waals surface area contributed by atoms with E-state index in [0.29, 0.717) is 22.7 Å². The zero-order valence-electron chi connectivity index (χ0n) is 24.1. The molecule has 1 spiro atoms. The molecule has 12 heteroatoms. The maximum absolute atomic E-state index is 15.9. The predicted molar refractivity (Wildman–Crippen MR) is 163 cm³/mol. The van der Waals surface area contributed by atoms with Crippen LogP contribution in [-0.2, 0) is 15.0 Å². The predicted octanol–water partition coefficient (Wildman–Crippen LogP) is 5.30. The molecular weight excluding hydrogens is 598 g/mol. The van der Waals surface area contributed by atoms with E-state index >= 15 is 4.39 Å². The van der Waals surface area contributed by atoms with Crippen LogP contribution in [0.25, 0.3) is 0 Å². The molecule has 1 unspecified atom stereocenters. The van der Waals surface area contributed by atoms with E-state index in [1.165, 1.54) is 25.4 Å². The van der Waals surface area contributed by atoms with Crippen molar-refractivity contribution in [2.75, 3.05) is 31.0 Å². The molecule has 5 rings (SSSR count). The van der Waals surface area contributed by atoms with Crippen LogP contribution >= 0.6 is 23.2 Å². The van der Waals surface area contributed by atoms with Crippen LogP contribution in [0.4, 0.5) is 15.8 Å². The average molecular weight is 632 g/mol. The summed E-state index contributed by atoms with van der Waals surface area (Å²) in [4.78, 5) is 32.7. The first-order valence-electron chi connectivity index (χ1n) is 13.8. The molecule has 2 amide bonds. The molecule has 3 aromatic rings. The molecule has 2 aliphatic heterocycles. The largest absolute Gasteiger partial charge is 0.494 e. The van der Waals surface area contributed by atoms with Gasteiger partial charge in [-0.1, -0.05) is 62.2 Å². The van der Waals surface area contributed by atoms with E-state index in [-0.39, 0.29) is 52.4 Å². The standard InChI is InChI=1S/C31H33Cl2FN4O5/c1-30(2,3)14-23-31(18-9-8-16(32)12-20(18)37-29(31)41)25(17-6-5-7-19(33)26(17)34)27(38-23)28(40)36-21-15-35-24(43-11-10-39)13-22(21)42-4/h5-9,12-13,15,23,25,27,38-39H,10-11,14H2,1-4H3,(H,36,40)(H,37,41)/t23-,25+,27+,31?/m0/s1. The van der Waals surface area contributed by atoms with Gasteiger partial charge in [0.15, 0.2) is 0 Å². The number of carbonyl (C=O) groups is 2. The number of nitrogens with zero attached hydrogens (tertiary/aromatic N) is 1. The van der Waals surface area contributed by atoms with E-state index in [1.54, 1.807) is 30.3 Å². The highest BCUT2D eigenvalue weighted by molar-refractivity contribution is 6.31. The Hall–Kier alpha value is -3.44. The number of hydrogen-bond acceptors (Lipinski definition) is 7. The summed E-state index contributed by atoms with van der Waals surface area (Å²) >= 11 is 12.6. The Balaban J connectivity index is 1.66. The molecule has 4 atom stereocenters. The number of aliphatic hydroxyl groups excluding tert-OH is 1. The summed E-state index contributed by atoms with van der Waals surface area (Å²) in [6, 6.07) is 9.53. The zero-order valence-corrected chi connectivity index (χ0v) is 25.6. The fraction of sp³-hybridized carbons (Fsp3) is 0.387. The Bertz CT molecular complexity index is 1570. The third kappa shape index (κ3) is 5.64. The second kappa shape index (κ2) is 11.9. The van der Waals surface area contributed by atoms with Crippen LogP contribution in [-0.4, -0.2) is 54.3 Å². The summed E-state index contributed by atoms with van der Waals surface area (Å²) in [7, 11) is 1.43. The van der Waals surface area contributed by atoms with E-state index in [2.05, 4.69) is 20.9 Å². The number of methoxy groups -OCH3 is 1. The van der Waals surface area contributed by atoms with Gasteiger partial charge < -0.3 is 30.5 Å². The number of pyridine rings is 1. The lowest BCUT2D eigenvalue weighted by molar-refractivity contribution is -0.122. The van der Waals surface area contributed by atoms with Crippen molar-refractivity contribution in [3.63, 3.8) is 0 Å². The van der Waals surface area contributed by atoms with Crippen LogP contribution in [0.1, 0.15) is 44.2 Å². The Kier molecular flexibility index (Phi) is 8.59. The van der Waals surface area contributed by atoms with Crippen LogP contribution in [0.5, 0.6) is 11.6 Å². The van der Waals surface area contributed by atoms with Gasteiger partial charge in [-0.05, 0) is 41.2 Å². The van der Waals surface area contributed by atoms with Crippen molar-refractivity contribution < 1.29 is 28.6 Å². The first-order valence-corrected chi connectivity index (χ1v) is 14.6. The molecule has 4 N–H and O–H groups in total.